The monoisotopic (exact) mass is 333 g/mol. The van der Waals surface area contributed by atoms with Crippen molar-refractivity contribution < 1.29 is 19.4 Å². The number of nitrogens with one attached hydrogen (secondary N) is 2. The normalized spacial score (nSPS) is 23.5. The lowest BCUT2D eigenvalue weighted by Crippen LogP contribution is -2.24. The van der Waals surface area contributed by atoms with Crippen LogP contribution >= 0.6 is 0 Å². The molecule has 7 heteroatoms. The van der Waals surface area contributed by atoms with Crippen LogP contribution in [0, 0.1) is 5.92 Å². The van der Waals surface area contributed by atoms with E-state index in [1.807, 2.05) is 6.07 Å². The summed E-state index contributed by atoms with van der Waals surface area (Å²) in [6.45, 7) is 2.64. The number of pyridine rings is 1. The SMILES string of the molecule is COCCOC(=O)c1cnc2[nH]ccc2c1NC1CC(O)CC1C. The molecule has 130 valence electrons. The molecular formula is C17H23N3O4. The number of aromatic amines is 1. The third kappa shape index (κ3) is 3.37. The van der Waals surface area contributed by atoms with Crippen LogP contribution in [0.15, 0.2) is 18.5 Å². The van der Waals surface area contributed by atoms with E-state index in [1.54, 1.807) is 13.3 Å². The van der Waals surface area contributed by atoms with Crippen molar-refractivity contribution in [2.45, 2.75) is 31.9 Å². The van der Waals surface area contributed by atoms with Gasteiger partial charge in [-0.2, -0.15) is 0 Å². The number of ether oxygens (including phenoxy) is 2. The lowest BCUT2D eigenvalue weighted by Gasteiger charge is -2.21. The fourth-order valence-corrected chi connectivity index (χ4v) is 3.22. The number of aliphatic hydroxyl groups is 1. The summed E-state index contributed by atoms with van der Waals surface area (Å²) in [5.41, 5.74) is 1.80. The Kier molecular flexibility index (Phi) is 5.01. The highest BCUT2D eigenvalue weighted by Gasteiger charge is 2.31. The number of fused-ring (bicyclic) bond motifs is 1. The Balaban J connectivity index is 1.89. The highest BCUT2D eigenvalue weighted by Crippen LogP contribution is 2.33. The average Bonchev–Trinajstić information content (AvgIpc) is 3.14. The first-order valence-corrected chi connectivity index (χ1v) is 8.17. The van der Waals surface area contributed by atoms with E-state index in [1.165, 1.54) is 6.20 Å². The van der Waals surface area contributed by atoms with Gasteiger partial charge in [0.15, 0.2) is 0 Å². The molecule has 3 unspecified atom stereocenters. The van der Waals surface area contributed by atoms with Crippen molar-refractivity contribution in [2.24, 2.45) is 5.92 Å². The number of hydrogen-bond donors (Lipinski definition) is 3. The molecule has 2 heterocycles. The van der Waals surface area contributed by atoms with E-state index in [-0.39, 0.29) is 18.8 Å². The lowest BCUT2D eigenvalue weighted by atomic mass is 10.0. The van der Waals surface area contributed by atoms with Crippen molar-refractivity contribution in [2.75, 3.05) is 25.6 Å². The molecule has 1 saturated carbocycles. The minimum atomic E-state index is -0.434. The molecule has 0 bridgehead atoms. The Bertz CT molecular complexity index is 715. The van der Waals surface area contributed by atoms with Gasteiger partial charge < -0.3 is 24.9 Å². The number of carbonyl (C=O) groups excluding carboxylic acids is 1. The van der Waals surface area contributed by atoms with Crippen molar-refractivity contribution in [3.63, 3.8) is 0 Å². The van der Waals surface area contributed by atoms with Crippen molar-refractivity contribution in [3.05, 3.63) is 24.0 Å². The summed E-state index contributed by atoms with van der Waals surface area (Å²) in [6.07, 6.45) is 4.42. The standard InChI is InChI=1S/C17H23N3O4/c1-10-7-11(21)8-14(10)20-15-12-3-4-18-16(12)19-9-13(15)17(22)24-6-5-23-2/h3-4,9-11,14,21H,5-8H2,1-2H3,(H2,18,19,20). The number of anilines is 1. The molecule has 3 N–H and O–H groups in total. The number of nitrogens with zero attached hydrogens (tertiary/aromatic N) is 1. The number of aliphatic hydroxyl groups excluding tert-OH is 1. The number of H-pyrrole nitrogens is 1. The van der Waals surface area contributed by atoms with Gasteiger partial charge in [-0.05, 0) is 24.8 Å². The second-order valence-corrected chi connectivity index (χ2v) is 6.27. The Morgan fingerprint density at radius 2 is 2.29 bits per heavy atom. The van der Waals surface area contributed by atoms with E-state index >= 15 is 0 Å². The quantitative estimate of drug-likeness (QED) is 0.552. The molecule has 2 aromatic rings. The van der Waals surface area contributed by atoms with Crippen molar-refractivity contribution in [3.8, 4) is 0 Å². The molecule has 3 atom stereocenters. The third-order valence-corrected chi connectivity index (χ3v) is 4.51. The van der Waals surface area contributed by atoms with Gasteiger partial charge in [0.25, 0.3) is 0 Å². The molecule has 0 aromatic carbocycles. The summed E-state index contributed by atoms with van der Waals surface area (Å²) in [4.78, 5) is 19.7. The second-order valence-electron chi connectivity index (χ2n) is 6.27. The smallest absolute Gasteiger partial charge is 0.341 e. The molecule has 1 fully saturated rings. The Morgan fingerprint density at radius 3 is 3.00 bits per heavy atom. The van der Waals surface area contributed by atoms with E-state index in [2.05, 4.69) is 22.2 Å². The van der Waals surface area contributed by atoms with Crippen LogP contribution in [0.25, 0.3) is 11.0 Å². The predicted molar refractivity (Wildman–Crippen MR) is 90.1 cm³/mol. The Hall–Kier alpha value is -2.12. The van der Waals surface area contributed by atoms with Gasteiger partial charge >= 0.3 is 5.97 Å². The molecule has 0 radical (unpaired) electrons. The molecule has 0 spiro atoms. The molecule has 24 heavy (non-hydrogen) atoms. The maximum absolute atomic E-state index is 12.4. The minimum absolute atomic E-state index is 0.103. The van der Waals surface area contributed by atoms with Gasteiger partial charge in [0.2, 0.25) is 0 Å². The third-order valence-electron chi connectivity index (χ3n) is 4.51. The van der Waals surface area contributed by atoms with Crippen LogP contribution in [0.4, 0.5) is 5.69 Å². The Morgan fingerprint density at radius 1 is 1.46 bits per heavy atom. The molecule has 0 saturated heterocycles. The highest BCUT2D eigenvalue weighted by atomic mass is 16.6. The zero-order valence-corrected chi connectivity index (χ0v) is 13.9. The van der Waals surface area contributed by atoms with E-state index in [0.717, 1.165) is 11.8 Å². The summed E-state index contributed by atoms with van der Waals surface area (Å²) < 4.78 is 10.2. The van der Waals surface area contributed by atoms with Gasteiger partial charge in [-0.1, -0.05) is 6.92 Å². The number of rotatable bonds is 6. The summed E-state index contributed by atoms with van der Waals surface area (Å²) >= 11 is 0. The van der Waals surface area contributed by atoms with Crippen molar-refractivity contribution >= 4 is 22.7 Å². The maximum Gasteiger partial charge on any atom is 0.341 e. The molecule has 3 rings (SSSR count). The summed E-state index contributed by atoms with van der Waals surface area (Å²) in [5.74, 6) is -0.115. The van der Waals surface area contributed by atoms with Crippen LogP contribution in [0.2, 0.25) is 0 Å². The van der Waals surface area contributed by atoms with Crippen molar-refractivity contribution in [1.82, 2.24) is 9.97 Å². The predicted octanol–water partition coefficient (Wildman–Crippen LogP) is 1.94. The fourth-order valence-electron chi connectivity index (χ4n) is 3.22. The van der Waals surface area contributed by atoms with E-state index in [9.17, 15) is 9.90 Å². The largest absolute Gasteiger partial charge is 0.460 e. The molecule has 2 aromatic heterocycles. The zero-order valence-electron chi connectivity index (χ0n) is 13.9. The van der Waals surface area contributed by atoms with E-state index < -0.39 is 5.97 Å². The molecule has 0 aliphatic heterocycles. The van der Waals surface area contributed by atoms with Crippen LogP contribution in [-0.2, 0) is 9.47 Å². The molecule has 0 amide bonds. The van der Waals surface area contributed by atoms with Crippen molar-refractivity contribution in [1.29, 1.82) is 0 Å². The van der Waals surface area contributed by atoms with Crippen LogP contribution in [-0.4, -0.2) is 53.5 Å². The molecule has 7 nitrogen and oxygen atoms in total. The van der Waals surface area contributed by atoms with Gasteiger partial charge in [-0.3, -0.25) is 0 Å². The number of hydrogen-bond acceptors (Lipinski definition) is 6. The number of aromatic nitrogens is 2. The first-order chi connectivity index (χ1) is 11.6. The summed E-state index contributed by atoms with van der Waals surface area (Å²) in [7, 11) is 1.56. The fraction of sp³-hybridized carbons (Fsp3) is 0.529. The number of carbonyl (C=O) groups is 1. The number of esters is 1. The topological polar surface area (TPSA) is 96.5 Å². The van der Waals surface area contributed by atoms with Crippen LogP contribution in [0.3, 0.4) is 0 Å². The summed E-state index contributed by atoms with van der Waals surface area (Å²) in [5, 5.41) is 14.2. The van der Waals surface area contributed by atoms with Gasteiger partial charge in [0.1, 0.15) is 17.8 Å². The van der Waals surface area contributed by atoms with E-state index in [0.29, 0.717) is 35.8 Å². The lowest BCUT2D eigenvalue weighted by molar-refractivity contribution is 0.0389. The highest BCUT2D eigenvalue weighted by molar-refractivity contribution is 6.04. The summed E-state index contributed by atoms with van der Waals surface area (Å²) in [6, 6.07) is 1.98. The van der Waals surface area contributed by atoms with Crippen LogP contribution in [0.5, 0.6) is 0 Å². The van der Waals surface area contributed by atoms with E-state index in [4.69, 9.17) is 9.47 Å². The van der Waals surface area contributed by atoms with Crippen LogP contribution in [0.1, 0.15) is 30.1 Å². The van der Waals surface area contributed by atoms with Gasteiger partial charge in [0.05, 0.1) is 18.4 Å². The first-order valence-electron chi connectivity index (χ1n) is 8.17. The first kappa shape index (κ1) is 16.7. The second kappa shape index (κ2) is 7.19. The van der Waals surface area contributed by atoms with Gasteiger partial charge in [0, 0.05) is 30.9 Å². The maximum atomic E-state index is 12.4. The molecule has 1 aliphatic rings. The van der Waals surface area contributed by atoms with Gasteiger partial charge in [-0.25, -0.2) is 9.78 Å². The number of methoxy groups -OCH3 is 1. The average molecular weight is 333 g/mol. The Labute approximate surface area is 140 Å². The minimum Gasteiger partial charge on any atom is -0.460 e. The molecular weight excluding hydrogens is 310 g/mol. The zero-order chi connectivity index (χ0) is 17.1. The van der Waals surface area contributed by atoms with Gasteiger partial charge in [-0.15, -0.1) is 0 Å². The van der Waals surface area contributed by atoms with Crippen LogP contribution < -0.4 is 5.32 Å². The molecule has 1 aliphatic carbocycles.